The molecule has 1 fully saturated rings. The van der Waals surface area contributed by atoms with E-state index in [1.807, 2.05) is 24.3 Å². The van der Waals surface area contributed by atoms with Gasteiger partial charge in [0.2, 0.25) is 6.36 Å². The number of nitriles is 1. The van der Waals surface area contributed by atoms with Gasteiger partial charge in [-0.2, -0.15) is 5.26 Å². The molecule has 1 atom stereocenters. The van der Waals surface area contributed by atoms with Crippen LogP contribution >= 0.6 is 0 Å². The van der Waals surface area contributed by atoms with E-state index in [-0.39, 0.29) is 18.6 Å². The van der Waals surface area contributed by atoms with Crippen LogP contribution in [0.5, 0.6) is 11.5 Å². The Bertz CT molecular complexity index is 1350. The molecule has 0 saturated heterocycles. The van der Waals surface area contributed by atoms with Gasteiger partial charge in [0.1, 0.15) is 17.1 Å². The summed E-state index contributed by atoms with van der Waals surface area (Å²) in [5.74, 6) is 0.578. The van der Waals surface area contributed by atoms with Crippen LogP contribution in [0.3, 0.4) is 0 Å². The third kappa shape index (κ3) is 4.90. The number of nitrogens with one attached hydrogen (secondary N) is 1. The number of aromatic nitrogens is 2. The van der Waals surface area contributed by atoms with Crippen molar-refractivity contribution in [1.82, 2.24) is 14.7 Å². The van der Waals surface area contributed by atoms with Crippen LogP contribution in [0.25, 0.3) is 16.9 Å². The highest BCUT2D eigenvalue weighted by molar-refractivity contribution is 5.99. The van der Waals surface area contributed by atoms with E-state index in [9.17, 15) is 14.4 Å². The van der Waals surface area contributed by atoms with E-state index >= 15 is 0 Å². The van der Waals surface area contributed by atoms with Crippen molar-refractivity contribution < 1.29 is 23.4 Å². The van der Waals surface area contributed by atoms with E-state index in [4.69, 9.17) is 14.2 Å². The van der Waals surface area contributed by atoms with Crippen molar-refractivity contribution in [2.45, 2.75) is 51.1 Å². The van der Waals surface area contributed by atoms with Gasteiger partial charge in [-0.25, -0.2) is 9.37 Å². The summed E-state index contributed by atoms with van der Waals surface area (Å²) < 4.78 is 32.1. The summed E-state index contributed by atoms with van der Waals surface area (Å²) >= 11 is 0. The largest absolute Gasteiger partial charge is 0.496 e. The summed E-state index contributed by atoms with van der Waals surface area (Å²) in [5.41, 5.74) is 2.70. The maximum absolute atomic E-state index is 13.9. The number of fused-ring (bicyclic) bond motifs is 1. The summed E-state index contributed by atoms with van der Waals surface area (Å²) in [7, 11) is 3.03. The molecule has 0 radical (unpaired) electrons. The van der Waals surface area contributed by atoms with Crippen LogP contribution in [-0.2, 0) is 16.8 Å². The van der Waals surface area contributed by atoms with E-state index in [1.54, 1.807) is 31.6 Å². The number of hydrogen-bond acceptors (Lipinski definition) is 6. The SMILES string of the molecule is C=CC(F)OCc1cc(-c2cnc3cc(C(C)(C)C#N)c(OC)cn23)cc(OC)c1C(=O)NC1CC1. The number of ether oxygens (including phenoxy) is 3. The van der Waals surface area contributed by atoms with Gasteiger partial charge in [0.25, 0.3) is 5.91 Å². The lowest BCUT2D eigenvalue weighted by Crippen LogP contribution is -2.27. The highest BCUT2D eigenvalue weighted by atomic mass is 19.1. The molecule has 4 rings (SSSR count). The molecule has 8 nitrogen and oxygen atoms in total. The minimum Gasteiger partial charge on any atom is -0.496 e. The lowest BCUT2D eigenvalue weighted by molar-refractivity contribution is -0.0142. The zero-order chi connectivity index (χ0) is 26.0. The first kappa shape index (κ1) is 25.2. The Labute approximate surface area is 209 Å². The molecule has 1 aliphatic carbocycles. The molecule has 188 valence electrons. The molecule has 1 amide bonds. The number of amides is 1. The molecule has 36 heavy (non-hydrogen) atoms. The summed E-state index contributed by atoms with van der Waals surface area (Å²) in [6, 6.07) is 7.77. The van der Waals surface area contributed by atoms with Gasteiger partial charge in [-0.15, -0.1) is 0 Å². The molecule has 0 aliphatic heterocycles. The molecule has 1 unspecified atom stereocenters. The monoisotopic (exact) mass is 492 g/mol. The van der Waals surface area contributed by atoms with Gasteiger partial charge < -0.3 is 19.5 Å². The number of benzene rings is 1. The zero-order valence-corrected chi connectivity index (χ0v) is 20.8. The number of carbonyl (C=O) groups is 1. The van der Waals surface area contributed by atoms with Crippen molar-refractivity contribution in [3.05, 3.63) is 59.9 Å². The molecular formula is C27H29FN4O4. The highest BCUT2D eigenvalue weighted by Gasteiger charge is 2.29. The average Bonchev–Trinajstić information content (AvgIpc) is 3.60. The maximum atomic E-state index is 13.9. The molecule has 2 heterocycles. The van der Waals surface area contributed by atoms with Gasteiger partial charge in [-0.1, -0.05) is 6.58 Å². The number of hydrogen-bond donors (Lipinski definition) is 1. The number of rotatable bonds is 10. The number of halogens is 1. The molecule has 0 bridgehead atoms. The third-order valence-corrected chi connectivity index (χ3v) is 6.21. The second-order valence-corrected chi connectivity index (χ2v) is 9.22. The van der Waals surface area contributed by atoms with Crippen molar-refractivity contribution >= 4 is 11.6 Å². The van der Waals surface area contributed by atoms with Crippen LogP contribution < -0.4 is 14.8 Å². The first-order valence-electron chi connectivity index (χ1n) is 11.6. The van der Waals surface area contributed by atoms with Crippen LogP contribution in [0.2, 0.25) is 0 Å². The van der Waals surface area contributed by atoms with E-state index in [0.717, 1.165) is 18.9 Å². The fraction of sp³-hybridized carbons (Fsp3) is 0.370. The Morgan fingerprint density at radius 3 is 2.67 bits per heavy atom. The first-order chi connectivity index (χ1) is 17.2. The van der Waals surface area contributed by atoms with Gasteiger partial charge in [0.05, 0.1) is 56.0 Å². The lowest BCUT2D eigenvalue weighted by atomic mass is 9.86. The minimum atomic E-state index is -1.68. The van der Waals surface area contributed by atoms with Crippen LogP contribution in [0, 0.1) is 11.3 Å². The van der Waals surface area contributed by atoms with Crippen molar-refractivity contribution in [2.75, 3.05) is 14.2 Å². The first-order valence-corrected chi connectivity index (χ1v) is 11.6. The highest BCUT2D eigenvalue weighted by Crippen LogP contribution is 2.36. The smallest absolute Gasteiger partial charge is 0.255 e. The maximum Gasteiger partial charge on any atom is 0.255 e. The Hall–Kier alpha value is -3.90. The van der Waals surface area contributed by atoms with Gasteiger partial charge in [0.15, 0.2) is 0 Å². The van der Waals surface area contributed by atoms with Gasteiger partial charge in [-0.3, -0.25) is 9.20 Å². The summed E-state index contributed by atoms with van der Waals surface area (Å²) in [4.78, 5) is 17.6. The number of methoxy groups -OCH3 is 2. The van der Waals surface area contributed by atoms with Crippen LogP contribution in [0.15, 0.2) is 43.2 Å². The average molecular weight is 493 g/mol. The van der Waals surface area contributed by atoms with Gasteiger partial charge in [0, 0.05) is 17.2 Å². The molecule has 0 spiro atoms. The van der Waals surface area contributed by atoms with Crippen molar-refractivity contribution in [2.24, 2.45) is 0 Å². The predicted molar refractivity (Wildman–Crippen MR) is 133 cm³/mol. The van der Waals surface area contributed by atoms with Crippen LogP contribution in [0.4, 0.5) is 4.39 Å². The number of carbonyl (C=O) groups excluding carboxylic acids is 1. The standard InChI is InChI=1S/C27H29FN4O4/c1-6-23(28)36-14-17-9-16(10-21(34-4)25(17)26(33)31-18-7-8-18)20-12-30-24-11-19(27(2,3)15-29)22(35-5)13-32(20)24/h6,9-13,18,23H,1,7-8,14H2,2-5H3,(H,31,33). The normalized spacial score (nSPS) is 14.2. The molecule has 1 N–H and O–H groups in total. The minimum absolute atomic E-state index is 0.135. The lowest BCUT2D eigenvalue weighted by Gasteiger charge is -2.20. The zero-order valence-electron chi connectivity index (χ0n) is 20.8. The number of pyridine rings is 1. The fourth-order valence-electron chi connectivity index (χ4n) is 4.01. The van der Waals surface area contributed by atoms with Crippen molar-refractivity contribution in [3.8, 4) is 28.8 Å². The Morgan fingerprint density at radius 1 is 1.33 bits per heavy atom. The molecule has 9 heteroatoms. The Kier molecular flexibility index (Phi) is 7.00. The second kappa shape index (κ2) is 9.99. The van der Waals surface area contributed by atoms with Crippen LogP contribution in [0.1, 0.15) is 48.2 Å². The molecule has 2 aromatic heterocycles. The van der Waals surface area contributed by atoms with Crippen molar-refractivity contribution in [3.63, 3.8) is 0 Å². The van der Waals surface area contributed by atoms with Crippen LogP contribution in [-0.4, -0.2) is 41.9 Å². The molecule has 3 aromatic rings. The number of alkyl halides is 1. The molecular weight excluding hydrogens is 463 g/mol. The summed E-state index contributed by atoms with van der Waals surface area (Å²) in [6.45, 7) is 6.87. The van der Waals surface area contributed by atoms with Crippen molar-refractivity contribution in [1.29, 1.82) is 5.26 Å². The van der Waals surface area contributed by atoms with E-state index in [2.05, 4.69) is 22.9 Å². The fourth-order valence-corrected chi connectivity index (χ4v) is 4.01. The molecule has 1 saturated carbocycles. The van der Waals surface area contributed by atoms with E-state index < -0.39 is 11.8 Å². The topological polar surface area (TPSA) is 97.9 Å². The summed E-state index contributed by atoms with van der Waals surface area (Å²) in [6.07, 6.45) is 4.67. The van der Waals surface area contributed by atoms with Gasteiger partial charge in [-0.05, 0) is 56.5 Å². The Balaban J connectivity index is 1.85. The molecule has 1 aromatic carbocycles. The predicted octanol–water partition coefficient (Wildman–Crippen LogP) is 4.71. The Morgan fingerprint density at radius 2 is 2.06 bits per heavy atom. The quantitative estimate of drug-likeness (QED) is 0.412. The van der Waals surface area contributed by atoms with Gasteiger partial charge >= 0.3 is 0 Å². The number of nitrogens with zero attached hydrogens (tertiary/aromatic N) is 3. The second-order valence-electron chi connectivity index (χ2n) is 9.22. The third-order valence-electron chi connectivity index (χ3n) is 6.21. The molecule has 1 aliphatic rings. The number of imidazole rings is 1. The van der Waals surface area contributed by atoms with E-state index in [1.165, 1.54) is 7.11 Å². The van der Waals surface area contributed by atoms with E-state index in [0.29, 0.717) is 45.1 Å². The summed E-state index contributed by atoms with van der Waals surface area (Å²) in [5, 5.41) is 12.6.